The van der Waals surface area contributed by atoms with Crippen molar-refractivity contribution in [3.05, 3.63) is 30.1 Å². The van der Waals surface area contributed by atoms with Crippen molar-refractivity contribution in [3.63, 3.8) is 0 Å². The maximum atomic E-state index is 13.0. The quantitative estimate of drug-likeness (QED) is 0.771. The van der Waals surface area contributed by atoms with Crippen LogP contribution in [0.15, 0.2) is 24.3 Å². The van der Waals surface area contributed by atoms with Gasteiger partial charge < -0.3 is 9.69 Å². The summed E-state index contributed by atoms with van der Waals surface area (Å²) in [6.07, 6.45) is 2.69. The van der Waals surface area contributed by atoms with Crippen LogP contribution < -0.4 is 0 Å². The molecule has 22 heavy (non-hydrogen) atoms. The van der Waals surface area contributed by atoms with Crippen molar-refractivity contribution in [3.8, 4) is 0 Å². The summed E-state index contributed by atoms with van der Waals surface area (Å²) in [5.74, 6) is -1.21. The third-order valence-electron chi connectivity index (χ3n) is 3.58. The van der Waals surface area contributed by atoms with E-state index >= 15 is 0 Å². The monoisotopic (exact) mass is 315 g/mol. The molecule has 6 nitrogen and oxygen atoms in total. The van der Waals surface area contributed by atoms with Crippen LogP contribution in [0.2, 0.25) is 0 Å². The third-order valence-corrected chi connectivity index (χ3v) is 3.58. The van der Waals surface area contributed by atoms with E-state index in [0.717, 1.165) is 0 Å². The SMILES string of the molecule is CN(C)CCC1(C=O)C=CC=CC1n1nnnc1C(F)(F)F. The average molecular weight is 315 g/mol. The fraction of sp³-hybridized carbons (Fsp3) is 0.538. The molecule has 120 valence electrons. The summed E-state index contributed by atoms with van der Waals surface area (Å²) < 4.78 is 39.7. The Labute approximate surface area is 125 Å². The van der Waals surface area contributed by atoms with Gasteiger partial charge in [-0.2, -0.15) is 13.2 Å². The fourth-order valence-electron chi connectivity index (χ4n) is 2.38. The van der Waals surface area contributed by atoms with Crippen LogP contribution in [0.5, 0.6) is 0 Å². The maximum Gasteiger partial charge on any atom is 0.453 e. The molecule has 0 aromatic carbocycles. The van der Waals surface area contributed by atoms with Crippen molar-refractivity contribution in [2.75, 3.05) is 20.6 Å². The topological polar surface area (TPSA) is 63.9 Å². The smallest absolute Gasteiger partial charge is 0.309 e. The lowest BCUT2D eigenvalue weighted by Crippen LogP contribution is -2.37. The third kappa shape index (κ3) is 3.08. The van der Waals surface area contributed by atoms with Crippen LogP contribution in [0.3, 0.4) is 0 Å². The van der Waals surface area contributed by atoms with Gasteiger partial charge in [-0.25, -0.2) is 4.68 Å². The lowest BCUT2D eigenvalue weighted by molar-refractivity contribution is -0.149. The number of carbonyl (C=O) groups excluding carboxylic acids is 1. The van der Waals surface area contributed by atoms with E-state index < -0.39 is 23.5 Å². The summed E-state index contributed by atoms with van der Waals surface area (Å²) >= 11 is 0. The first-order valence-electron chi connectivity index (χ1n) is 6.62. The number of aromatic nitrogens is 4. The second-order valence-corrected chi connectivity index (χ2v) is 5.42. The van der Waals surface area contributed by atoms with E-state index in [1.54, 1.807) is 18.2 Å². The van der Waals surface area contributed by atoms with Crippen molar-refractivity contribution >= 4 is 6.29 Å². The highest BCUT2D eigenvalue weighted by Crippen LogP contribution is 2.40. The number of aldehydes is 1. The summed E-state index contributed by atoms with van der Waals surface area (Å²) in [4.78, 5) is 13.6. The van der Waals surface area contributed by atoms with Crippen molar-refractivity contribution in [1.82, 2.24) is 25.1 Å². The van der Waals surface area contributed by atoms with Crippen molar-refractivity contribution in [2.45, 2.75) is 18.6 Å². The second-order valence-electron chi connectivity index (χ2n) is 5.42. The Morgan fingerprint density at radius 1 is 1.41 bits per heavy atom. The van der Waals surface area contributed by atoms with E-state index in [1.165, 1.54) is 6.08 Å². The summed E-state index contributed by atoms with van der Waals surface area (Å²) in [5, 5.41) is 9.62. The zero-order valence-corrected chi connectivity index (χ0v) is 12.2. The number of carbonyl (C=O) groups is 1. The van der Waals surface area contributed by atoms with E-state index in [0.29, 0.717) is 23.9 Å². The van der Waals surface area contributed by atoms with E-state index in [1.807, 2.05) is 19.0 Å². The van der Waals surface area contributed by atoms with Gasteiger partial charge in [0.05, 0.1) is 11.5 Å². The molecule has 0 saturated heterocycles. The number of tetrazole rings is 1. The molecule has 1 aliphatic carbocycles. The highest BCUT2D eigenvalue weighted by atomic mass is 19.4. The molecule has 1 aromatic heterocycles. The molecule has 0 N–H and O–H groups in total. The summed E-state index contributed by atoms with van der Waals surface area (Å²) in [7, 11) is 3.65. The summed E-state index contributed by atoms with van der Waals surface area (Å²) in [6, 6.07) is -0.915. The molecular formula is C13H16F3N5O. The van der Waals surface area contributed by atoms with Crippen LogP contribution >= 0.6 is 0 Å². The van der Waals surface area contributed by atoms with Crippen LogP contribution in [0.25, 0.3) is 0 Å². The molecule has 0 amide bonds. The Hall–Kier alpha value is -2.03. The van der Waals surface area contributed by atoms with E-state index in [-0.39, 0.29) is 0 Å². The molecule has 2 atom stereocenters. The van der Waals surface area contributed by atoms with Crippen molar-refractivity contribution in [2.24, 2.45) is 5.41 Å². The molecule has 0 aliphatic heterocycles. The van der Waals surface area contributed by atoms with Gasteiger partial charge in [0.25, 0.3) is 5.82 Å². The van der Waals surface area contributed by atoms with E-state index in [4.69, 9.17) is 0 Å². The molecule has 0 spiro atoms. The second kappa shape index (κ2) is 5.99. The Balaban J connectivity index is 2.43. The molecule has 2 rings (SSSR count). The lowest BCUT2D eigenvalue weighted by atomic mass is 9.76. The fourth-order valence-corrected chi connectivity index (χ4v) is 2.38. The Kier molecular flexibility index (Phi) is 4.45. The first-order valence-corrected chi connectivity index (χ1v) is 6.62. The van der Waals surface area contributed by atoms with Gasteiger partial charge in [-0.05, 0) is 37.5 Å². The van der Waals surface area contributed by atoms with E-state index in [2.05, 4.69) is 15.5 Å². The van der Waals surface area contributed by atoms with Gasteiger partial charge in [-0.15, -0.1) is 5.10 Å². The van der Waals surface area contributed by atoms with Gasteiger partial charge in [0.1, 0.15) is 6.29 Å². The largest absolute Gasteiger partial charge is 0.453 e. The minimum atomic E-state index is -4.69. The predicted octanol–water partition coefficient (Wildman–Crippen LogP) is 1.50. The number of halogens is 3. The molecule has 1 heterocycles. The summed E-state index contributed by atoms with van der Waals surface area (Å²) in [5.41, 5.74) is -1.12. The zero-order valence-electron chi connectivity index (χ0n) is 12.2. The molecule has 0 saturated carbocycles. The van der Waals surface area contributed by atoms with Crippen LogP contribution in [0.1, 0.15) is 18.3 Å². The first kappa shape index (κ1) is 16.3. The lowest BCUT2D eigenvalue weighted by Gasteiger charge is -2.34. The minimum absolute atomic E-state index is 0.353. The van der Waals surface area contributed by atoms with Crippen molar-refractivity contribution < 1.29 is 18.0 Å². The standard InChI is InChI=1S/C13H16F3N5O/c1-20(2)8-7-12(9-22)6-4-3-5-10(12)21-11(13(14,15)16)17-18-19-21/h3-6,9-10H,7-8H2,1-2H3. The van der Waals surface area contributed by atoms with Crippen LogP contribution in [-0.4, -0.2) is 52.0 Å². The Morgan fingerprint density at radius 3 is 2.73 bits per heavy atom. The van der Waals surface area contributed by atoms with Gasteiger partial charge in [-0.3, -0.25) is 0 Å². The summed E-state index contributed by atoms with van der Waals surface area (Å²) in [6.45, 7) is 0.539. The minimum Gasteiger partial charge on any atom is -0.309 e. The maximum absolute atomic E-state index is 13.0. The highest BCUT2D eigenvalue weighted by molar-refractivity contribution is 5.65. The molecule has 0 bridgehead atoms. The number of hydrogen-bond donors (Lipinski definition) is 0. The van der Waals surface area contributed by atoms with E-state index in [9.17, 15) is 18.0 Å². The zero-order chi connectivity index (χ0) is 16.4. The predicted molar refractivity (Wildman–Crippen MR) is 71.8 cm³/mol. The van der Waals surface area contributed by atoms with Gasteiger partial charge in [-0.1, -0.05) is 24.3 Å². The van der Waals surface area contributed by atoms with Gasteiger partial charge in [0, 0.05) is 0 Å². The highest BCUT2D eigenvalue weighted by Gasteiger charge is 2.45. The molecule has 2 unspecified atom stereocenters. The average Bonchev–Trinajstić information content (AvgIpc) is 2.94. The molecule has 9 heteroatoms. The van der Waals surface area contributed by atoms with Gasteiger partial charge >= 0.3 is 6.18 Å². The number of hydrogen-bond acceptors (Lipinski definition) is 5. The number of alkyl halides is 3. The number of allylic oxidation sites excluding steroid dienone is 4. The molecule has 0 fully saturated rings. The number of nitrogens with zero attached hydrogens (tertiary/aromatic N) is 5. The van der Waals surface area contributed by atoms with Crippen LogP contribution in [0.4, 0.5) is 13.2 Å². The Bertz CT molecular complexity index is 593. The van der Waals surface area contributed by atoms with Gasteiger partial charge in [0.15, 0.2) is 0 Å². The van der Waals surface area contributed by atoms with Crippen molar-refractivity contribution in [1.29, 1.82) is 0 Å². The normalized spacial score (nSPS) is 24.9. The molecule has 1 aromatic rings. The number of rotatable bonds is 5. The molecule has 0 radical (unpaired) electrons. The molecular weight excluding hydrogens is 299 g/mol. The van der Waals surface area contributed by atoms with Crippen LogP contribution in [-0.2, 0) is 11.0 Å². The van der Waals surface area contributed by atoms with Crippen LogP contribution in [0, 0.1) is 5.41 Å². The first-order chi connectivity index (χ1) is 10.3. The molecule has 1 aliphatic rings. The Morgan fingerprint density at radius 2 is 2.14 bits per heavy atom. The van der Waals surface area contributed by atoms with Gasteiger partial charge in [0.2, 0.25) is 0 Å².